The molecule has 0 saturated carbocycles. The van der Waals surface area contributed by atoms with Crippen molar-refractivity contribution in [2.45, 2.75) is 20.3 Å². The van der Waals surface area contributed by atoms with Crippen molar-refractivity contribution < 1.29 is 4.79 Å². The van der Waals surface area contributed by atoms with Gasteiger partial charge in [0.25, 0.3) is 5.91 Å². The van der Waals surface area contributed by atoms with Crippen LogP contribution in [-0.4, -0.2) is 27.3 Å². The van der Waals surface area contributed by atoms with Crippen LogP contribution in [0.4, 0.5) is 0 Å². The van der Waals surface area contributed by atoms with Crippen LogP contribution < -0.4 is 5.43 Å². The summed E-state index contributed by atoms with van der Waals surface area (Å²) in [6.45, 7) is 4.39. The molecule has 0 fully saturated rings. The zero-order chi connectivity index (χ0) is 18.4. The molecule has 0 radical (unpaired) electrons. The molecule has 2 aromatic heterocycles. The van der Waals surface area contributed by atoms with Crippen LogP contribution in [0.1, 0.15) is 35.6 Å². The van der Waals surface area contributed by atoms with Gasteiger partial charge in [-0.15, -0.1) is 0 Å². The van der Waals surface area contributed by atoms with E-state index in [9.17, 15) is 4.79 Å². The number of aromatic amines is 1. The van der Waals surface area contributed by atoms with Crippen molar-refractivity contribution in [1.29, 1.82) is 0 Å². The molecule has 0 aliphatic carbocycles. The third-order valence-corrected chi connectivity index (χ3v) is 3.77. The topological polar surface area (TPSA) is 83.0 Å². The van der Waals surface area contributed by atoms with Gasteiger partial charge in [0.05, 0.1) is 17.6 Å². The lowest BCUT2D eigenvalue weighted by molar-refractivity contribution is 0.0950. The summed E-state index contributed by atoms with van der Waals surface area (Å²) in [7, 11) is 0. The summed E-state index contributed by atoms with van der Waals surface area (Å²) in [4.78, 5) is 16.2. The number of hydrogen-bond donors (Lipinski definition) is 2. The molecule has 26 heavy (non-hydrogen) atoms. The highest BCUT2D eigenvalue weighted by atomic mass is 16.2. The van der Waals surface area contributed by atoms with E-state index in [0.717, 1.165) is 17.7 Å². The molecule has 0 saturated heterocycles. The number of amides is 1. The van der Waals surface area contributed by atoms with Crippen LogP contribution in [0, 0.1) is 5.92 Å². The zero-order valence-corrected chi connectivity index (χ0v) is 14.8. The molecule has 1 aromatic carbocycles. The van der Waals surface area contributed by atoms with Gasteiger partial charge in [-0.05, 0) is 36.1 Å². The molecule has 0 unspecified atom stereocenters. The van der Waals surface area contributed by atoms with Crippen LogP contribution in [0.3, 0.4) is 0 Å². The summed E-state index contributed by atoms with van der Waals surface area (Å²) in [6, 6.07) is 15.4. The molecule has 0 bridgehead atoms. The number of carbonyl (C=O) groups excluding carboxylic acids is 1. The van der Waals surface area contributed by atoms with E-state index in [1.165, 1.54) is 11.8 Å². The lowest BCUT2D eigenvalue weighted by atomic mass is 10.0. The number of aromatic nitrogens is 3. The van der Waals surface area contributed by atoms with Crippen molar-refractivity contribution in [2.24, 2.45) is 11.0 Å². The Hall–Kier alpha value is -3.28. The van der Waals surface area contributed by atoms with Crippen LogP contribution >= 0.6 is 0 Å². The fraction of sp³-hybridized carbons (Fsp3) is 0.200. The Labute approximate surface area is 152 Å². The zero-order valence-electron chi connectivity index (χ0n) is 14.8. The molecule has 0 atom stereocenters. The van der Waals surface area contributed by atoms with Crippen molar-refractivity contribution >= 4 is 12.1 Å². The Bertz CT molecular complexity index is 882. The maximum Gasteiger partial charge on any atom is 0.289 e. The van der Waals surface area contributed by atoms with E-state index >= 15 is 0 Å². The fourth-order valence-electron chi connectivity index (χ4n) is 2.54. The SMILES string of the molecule is CC(C)Cc1ccc(-c2cc(C(=O)N/N=C/c3ccccn3)[nH]n2)cc1. The Balaban J connectivity index is 1.63. The number of nitrogens with zero attached hydrogens (tertiary/aromatic N) is 3. The molecule has 3 aromatic rings. The van der Waals surface area contributed by atoms with Crippen LogP contribution in [0.5, 0.6) is 0 Å². The van der Waals surface area contributed by atoms with E-state index < -0.39 is 0 Å². The highest BCUT2D eigenvalue weighted by Crippen LogP contribution is 2.19. The Morgan fingerprint density at radius 3 is 2.73 bits per heavy atom. The summed E-state index contributed by atoms with van der Waals surface area (Å²) in [5.74, 6) is 0.264. The smallest absolute Gasteiger partial charge is 0.272 e. The summed E-state index contributed by atoms with van der Waals surface area (Å²) >= 11 is 0. The van der Waals surface area contributed by atoms with E-state index in [4.69, 9.17) is 0 Å². The van der Waals surface area contributed by atoms with E-state index in [2.05, 4.69) is 51.7 Å². The van der Waals surface area contributed by atoms with E-state index in [1.807, 2.05) is 24.3 Å². The van der Waals surface area contributed by atoms with Gasteiger partial charge in [-0.1, -0.05) is 44.2 Å². The standard InChI is InChI=1S/C20H21N5O/c1-14(2)11-15-6-8-16(9-7-15)18-12-19(24-23-18)20(26)25-22-13-17-5-3-4-10-21-17/h3-10,12-14H,11H2,1-2H3,(H,23,24)(H,25,26)/b22-13+. The largest absolute Gasteiger partial charge is 0.289 e. The second-order valence-corrected chi connectivity index (χ2v) is 6.42. The Kier molecular flexibility index (Phi) is 5.53. The summed E-state index contributed by atoms with van der Waals surface area (Å²) in [5.41, 5.74) is 6.46. The predicted octanol–water partition coefficient (Wildman–Crippen LogP) is 3.43. The first-order valence-electron chi connectivity index (χ1n) is 8.51. The average Bonchev–Trinajstić information content (AvgIpc) is 3.13. The van der Waals surface area contributed by atoms with Gasteiger partial charge in [-0.3, -0.25) is 14.9 Å². The number of hydrazone groups is 1. The first-order chi connectivity index (χ1) is 12.6. The predicted molar refractivity (Wildman–Crippen MR) is 102 cm³/mol. The van der Waals surface area contributed by atoms with Crippen molar-refractivity contribution in [3.63, 3.8) is 0 Å². The molecule has 0 spiro atoms. The maximum absolute atomic E-state index is 12.1. The van der Waals surface area contributed by atoms with E-state index in [1.54, 1.807) is 18.3 Å². The van der Waals surface area contributed by atoms with Gasteiger partial charge in [0.2, 0.25) is 0 Å². The Morgan fingerprint density at radius 2 is 2.04 bits per heavy atom. The summed E-state index contributed by atoms with van der Waals surface area (Å²) < 4.78 is 0. The molecule has 6 nitrogen and oxygen atoms in total. The fourth-order valence-corrected chi connectivity index (χ4v) is 2.54. The monoisotopic (exact) mass is 347 g/mol. The van der Waals surface area contributed by atoms with Crippen molar-refractivity contribution in [3.8, 4) is 11.3 Å². The van der Waals surface area contributed by atoms with Crippen LogP contribution in [0.15, 0.2) is 59.8 Å². The number of nitrogens with one attached hydrogen (secondary N) is 2. The molecular weight excluding hydrogens is 326 g/mol. The summed E-state index contributed by atoms with van der Waals surface area (Å²) in [6.07, 6.45) is 4.20. The third-order valence-electron chi connectivity index (χ3n) is 3.77. The molecule has 2 heterocycles. The minimum Gasteiger partial charge on any atom is -0.272 e. The molecule has 132 valence electrons. The number of rotatable bonds is 6. The first-order valence-corrected chi connectivity index (χ1v) is 8.51. The number of carbonyl (C=O) groups is 1. The van der Waals surface area contributed by atoms with Gasteiger partial charge in [0, 0.05) is 11.8 Å². The minimum atomic E-state index is -0.354. The average molecular weight is 347 g/mol. The molecule has 2 N–H and O–H groups in total. The third kappa shape index (κ3) is 4.63. The Morgan fingerprint density at radius 1 is 1.23 bits per heavy atom. The van der Waals surface area contributed by atoms with Crippen molar-refractivity contribution in [2.75, 3.05) is 0 Å². The quantitative estimate of drug-likeness (QED) is 0.529. The van der Waals surface area contributed by atoms with Crippen LogP contribution in [0.2, 0.25) is 0 Å². The molecule has 1 amide bonds. The molecular formula is C20H21N5O. The van der Waals surface area contributed by atoms with Gasteiger partial charge in [-0.25, -0.2) is 5.43 Å². The minimum absolute atomic E-state index is 0.351. The summed E-state index contributed by atoms with van der Waals surface area (Å²) in [5, 5.41) is 10.9. The second-order valence-electron chi connectivity index (χ2n) is 6.42. The normalized spacial score (nSPS) is 11.2. The van der Waals surface area contributed by atoms with Gasteiger partial charge in [0.1, 0.15) is 5.69 Å². The highest BCUT2D eigenvalue weighted by Gasteiger charge is 2.10. The lowest BCUT2D eigenvalue weighted by Gasteiger charge is -2.05. The number of benzene rings is 1. The van der Waals surface area contributed by atoms with Crippen molar-refractivity contribution in [1.82, 2.24) is 20.6 Å². The molecule has 0 aliphatic rings. The maximum atomic E-state index is 12.1. The van der Waals surface area contributed by atoms with Crippen LogP contribution in [-0.2, 0) is 6.42 Å². The van der Waals surface area contributed by atoms with Gasteiger partial charge in [-0.2, -0.15) is 10.2 Å². The first kappa shape index (κ1) is 17.5. The molecule has 3 rings (SSSR count). The van der Waals surface area contributed by atoms with Gasteiger partial charge >= 0.3 is 0 Å². The second kappa shape index (κ2) is 8.20. The number of pyridine rings is 1. The molecule has 0 aliphatic heterocycles. The van der Waals surface area contributed by atoms with Crippen LogP contribution in [0.25, 0.3) is 11.3 Å². The number of H-pyrrole nitrogens is 1. The highest BCUT2D eigenvalue weighted by molar-refractivity contribution is 5.93. The lowest BCUT2D eigenvalue weighted by Crippen LogP contribution is -2.18. The van der Waals surface area contributed by atoms with Crippen molar-refractivity contribution in [3.05, 3.63) is 71.7 Å². The van der Waals surface area contributed by atoms with Gasteiger partial charge in [0.15, 0.2) is 0 Å². The van der Waals surface area contributed by atoms with E-state index in [-0.39, 0.29) is 5.91 Å². The number of hydrogen-bond acceptors (Lipinski definition) is 4. The molecule has 6 heteroatoms. The van der Waals surface area contributed by atoms with E-state index in [0.29, 0.717) is 17.3 Å². The van der Waals surface area contributed by atoms with Gasteiger partial charge < -0.3 is 0 Å².